The van der Waals surface area contributed by atoms with E-state index in [-0.39, 0.29) is 11.3 Å². The summed E-state index contributed by atoms with van der Waals surface area (Å²) in [5, 5.41) is 9.39. The molecule has 5 nitrogen and oxygen atoms in total. The number of aliphatic hydroxyl groups excluding tert-OH is 1. The molecule has 2 amide bonds. The summed E-state index contributed by atoms with van der Waals surface area (Å²) >= 11 is 0. The van der Waals surface area contributed by atoms with E-state index in [9.17, 15) is 14.7 Å². The first kappa shape index (κ1) is 17.3. The van der Waals surface area contributed by atoms with Crippen molar-refractivity contribution in [1.82, 2.24) is 9.80 Å². The van der Waals surface area contributed by atoms with E-state index >= 15 is 0 Å². The molecule has 2 fully saturated rings. The van der Waals surface area contributed by atoms with Gasteiger partial charge in [0.15, 0.2) is 0 Å². The average Bonchev–Trinajstić information content (AvgIpc) is 2.94. The van der Waals surface area contributed by atoms with Crippen molar-refractivity contribution in [2.24, 2.45) is 11.3 Å². The van der Waals surface area contributed by atoms with Gasteiger partial charge in [0.25, 0.3) is 5.91 Å². The van der Waals surface area contributed by atoms with E-state index in [0.29, 0.717) is 38.0 Å². The lowest BCUT2D eigenvalue weighted by molar-refractivity contribution is -0.150. The molecule has 1 aliphatic carbocycles. The Morgan fingerprint density at radius 3 is 1.95 bits per heavy atom. The molecule has 0 aromatic carbocycles. The molecule has 1 saturated heterocycles. The number of carbonyl (C=O) groups is 2. The van der Waals surface area contributed by atoms with Crippen LogP contribution in [0.5, 0.6) is 0 Å². The lowest BCUT2D eigenvalue weighted by Gasteiger charge is -2.40. The van der Waals surface area contributed by atoms with Gasteiger partial charge in [0.2, 0.25) is 5.91 Å². The van der Waals surface area contributed by atoms with Gasteiger partial charge in [-0.25, -0.2) is 0 Å². The zero-order valence-electron chi connectivity index (χ0n) is 14.2. The van der Waals surface area contributed by atoms with Crippen molar-refractivity contribution in [3.8, 4) is 0 Å². The first-order valence-electron chi connectivity index (χ1n) is 8.62. The minimum atomic E-state index is -0.954. The molecule has 0 aromatic heterocycles. The van der Waals surface area contributed by atoms with E-state index in [1.165, 1.54) is 6.92 Å². The highest BCUT2D eigenvalue weighted by Gasteiger charge is 2.44. The molecule has 1 N–H and O–H groups in total. The smallest absolute Gasteiger partial charge is 0.251 e. The van der Waals surface area contributed by atoms with Gasteiger partial charge in [0.05, 0.1) is 0 Å². The fourth-order valence-corrected chi connectivity index (χ4v) is 4.07. The molecule has 2 rings (SSSR count). The first-order valence-corrected chi connectivity index (χ1v) is 8.62. The molecule has 0 bridgehead atoms. The third kappa shape index (κ3) is 3.62. The molecule has 2 aliphatic rings. The third-order valence-electron chi connectivity index (χ3n) is 5.05. The Kier molecular flexibility index (Phi) is 5.48. The number of rotatable bonds is 4. The summed E-state index contributed by atoms with van der Waals surface area (Å²) in [5.74, 6) is 0.591. The zero-order valence-corrected chi connectivity index (χ0v) is 14.2. The lowest BCUT2D eigenvalue weighted by Crippen LogP contribution is -2.55. The molecule has 1 saturated carbocycles. The second kappa shape index (κ2) is 6.99. The van der Waals surface area contributed by atoms with E-state index in [1.54, 1.807) is 4.90 Å². The van der Waals surface area contributed by atoms with Gasteiger partial charge >= 0.3 is 0 Å². The van der Waals surface area contributed by atoms with Gasteiger partial charge in [-0.3, -0.25) is 9.59 Å². The standard InChI is InChI=1S/C17H30N2O3/c1-13(2)12-17(6-4-5-7-17)16(22)19-10-8-18(9-11-19)15(21)14(3)20/h13-14,20H,4-12H2,1-3H3. The van der Waals surface area contributed by atoms with E-state index in [2.05, 4.69) is 13.8 Å². The molecule has 0 radical (unpaired) electrons. The zero-order chi connectivity index (χ0) is 16.3. The summed E-state index contributed by atoms with van der Waals surface area (Å²) < 4.78 is 0. The lowest BCUT2D eigenvalue weighted by atomic mass is 9.77. The fraction of sp³-hybridized carbons (Fsp3) is 0.882. The molecule has 0 spiro atoms. The summed E-state index contributed by atoms with van der Waals surface area (Å²) in [6.45, 7) is 8.13. The van der Waals surface area contributed by atoms with E-state index in [1.807, 2.05) is 4.90 Å². The summed E-state index contributed by atoms with van der Waals surface area (Å²) in [4.78, 5) is 28.5. The summed E-state index contributed by atoms with van der Waals surface area (Å²) in [5.41, 5.74) is -0.162. The average molecular weight is 310 g/mol. The Bertz CT molecular complexity index is 406. The fourth-order valence-electron chi connectivity index (χ4n) is 4.07. The van der Waals surface area contributed by atoms with E-state index in [4.69, 9.17) is 0 Å². The molecular weight excluding hydrogens is 280 g/mol. The number of aliphatic hydroxyl groups is 1. The van der Waals surface area contributed by atoms with Crippen LogP contribution in [0.4, 0.5) is 0 Å². The Hall–Kier alpha value is -1.10. The van der Waals surface area contributed by atoms with Crippen LogP contribution < -0.4 is 0 Å². The van der Waals surface area contributed by atoms with Gasteiger partial charge < -0.3 is 14.9 Å². The molecule has 0 aromatic rings. The Morgan fingerprint density at radius 2 is 1.50 bits per heavy atom. The maximum Gasteiger partial charge on any atom is 0.251 e. The van der Waals surface area contributed by atoms with Gasteiger partial charge in [0, 0.05) is 31.6 Å². The number of hydrogen-bond acceptors (Lipinski definition) is 3. The minimum absolute atomic E-state index is 0.162. The molecule has 5 heteroatoms. The molecule has 1 aliphatic heterocycles. The Morgan fingerprint density at radius 1 is 1.00 bits per heavy atom. The van der Waals surface area contributed by atoms with Gasteiger partial charge in [-0.05, 0) is 32.1 Å². The van der Waals surface area contributed by atoms with Crippen LogP contribution in [0.25, 0.3) is 0 Å². The van der Waals surface area contributed by atoms with Crippen LogP contribution in [0.2, 0.25) is 0 Å². The van der Waals surface area contributed by atoms with Crippen LogP contribution in [0.3, 0.4) is 0 Å². The summed E-state index contributed by atoms with van der Waals surface area (Å²) in [7, 11) is 0. The van der Waals surface area contributed by atoms with Crippen LogP contribution in [0, 0.1) is 11.3 Å². The maximum atomic E-state index is 13.0. The Labute approximate surface area is 133 Å². The highest BCUT2D eigenvalue weighted by Crippen LogP contribution is 2.44. The number of nitrogens with zero attached hydrogens (tertiary/aromatic N) is 2. The van der Waals surface area contributed by atoms with Gasteiger partial charge in [-0.15, -0.1) is 0 Å². The van der Waals surface area contributed by atoms with Gasteiger partial charge in [-0.1, -0.05) is 26.7 Å². The van der Waals surface area contributed by atoms with Crippen molar-refractivity contribution in [2.45, 2.75) is 59.0 Å². The van der Waals surface area contributed by atoms with Crippen molar-refractivity contribution in [3.63, 3.8) is 0 Å². The van der Waals surface area contributed by atoms with Crippen LogP contribution in [-0.2, 0) is 9.59 Å². The molecule has 126 valence electrons. The van der Waals surface area contributed by atoms with Gasteiger partial charge in [-0.2, -0.15) is 0 Å². The van der Waals surface area contributed by atoms with Crippen molar-refractivity contribution in [3.05, 3.63) is 0 Å². The number of amides is 2. The quantitative estimate of drug-likeness (QED) is 0.859. The highest BCUT2D eigenvalue weighted by molar-refractivity contribution is 5.84. The predicted molar refractivity (Wildman–Crippen MR) is 85.2 cm³/mol. The summed E-state index contributed by atoms with van der Waals surface area (Å²) in [6, 6.07) is 0. The SMILES string of the molecule is CC(C)CC1(C(=O)N2CCN(C(=O)C(C)O)CC2)CCCC1. The van der Waals surface area contributed by atoms with Crippen molar-refractivity contribution in [2.75, 3.05) is 26.2 Å². The molecule has 22 heavy (non-hydrogen) atoms. The molecule has 1 heterocycles. The predicted octanol–water partition coefficient (Wildman–Crippen LogP) is 1.64. The van der Waals surface area contributed by atoms with E-state index < -0.39 is 6.10 Å². The normalized spacial score (nSPS) is 23.0. The maximum absolute atomic E-state index is 13.0. The number of hydrogen-bond donors (Lipinski definition) is 1. The topological polar surface area (TPSA) is 60.9 Å². The third-order valence-corrected chi connectivity index (χ3v) is 5.05. The molecule has 1 atom stereocenters. The highest BCUT2D eigenvalue weighted by atomic mass is 16.3. The van der Waals surface area contributed by atoms with Crippen LogP contribution in [-0.4, -0.2) is 59.0 Å². The van der Waals surface area contributed by atoms with Crippen molar-refractivity contribution < 1.29 is 14.7 Å². The number of piperazine rings is 1. The van der Waals surface area contributed by atoms with Crippen molar-refractivity contribution >= 4 is 11.8 Å². The number of carbonyl (C=O) groups excluding carboxylic acids is 2. The van der Waals surface area contributed by atoms with Crippen molar-refractivity contribution in [1.29, 1.82) is 0 Å². The Balaban J connectivity index is 1.97. The minimum Gasteiger partial charge on any atom is -0.384 e. The monoisotopic (exact) mass is 310 g/mol. The first-order chi connectivity index (χ1) is 10.4. The van der Waals surface area contributed by atoms with Gasteiger partial charge in [0.1, 0.15) is 6.10 Å². The molecule has 1 unspecified atom stereocenters. The second-order valence-corrected chi connectivity index (χ2v) is 7.38. The van der Waals surface area contributed by atoms with Crippen LogP contribution in [0.1, 0.15) is 52.9 Å². The van der Waals surface area contributed by atoms with E-state index in [0.717, 1.165) is 32.1 Å². The second-order valence-electron chi connectivity index (χ2n) is 7.38. The molecular formula is C17H30N2O3. The summed E-state index contributed by atoms with van der Waals surface area (Å²) in [6.07, 6.45) is 4.34. The van der Waals surface area contributed by atoms with Crippen LogP contribution in [0.15, 0.2) is 0 Å². The largest absolute Gasteiger partial charge is 0.384 e. The van der Waals surface area contributed by atoms with Crippen LogP contribution >= 0.6 is 0 Å².